The van der Waals surface area contributed by atoms with E-state index < -0.39 is 10.8 Å². The monoisotopic (exact) mass is 282 g/mol. The molecule has 0 atom stereocenters. The summed E-state index contributed by atoms with van der Waals surface area (Å²) in [7, 11) is 0. The number of nitro groups is 1. The largest absolute Gasteiger partial charge is 0.399 e. The molecule has 0 aliphatic heterocycles. The van der Waals surface area contributed by atoms with Gasteiger partial charge < -0.3 is 11.1 Å². The second-order valence-corrected chi connectivity index (χ2v) is 4.18. The first-order chi connectivity index (χ1) is 10.0. The van der Waals surface area contributed by atoms with Crippen molar-refractivity contribution >= 4 is 23.0 Å². The predicted molar refractivity (Wildman–Crippen MR) is 76.6 cm³/mol. The van der Waals surface area contributed by atoms with E-state index in [0.29, 0.717) is 5.69 Å². The molecule has 0 aliphatic rings. The Hall–Kier alpha value is -3.40. The van der Waals surface area contributed by atoms with Gasteiger partial charge in [-0.1, -0.05) is 6.07 Å². The van der Waals surface area contributed by atoms with Crippen molar-refractivity contribution in [2.24, 2.45) is 0 Å². The van der Waals surface area contributed by atoms with Crippen LogP contribution in [0.1, 0.15) is 15.9 Å². The molecule has 3 N–H and O–H groups in total. The van der Waals surface area contributed by atoms with Crippen LogP contribution in [0.15, 0.2) is 42.5 Å². The molecule has 7 nitrogen and oxygen atoms in total. The summed E-state index contributed by atoms with van der Waals surface area (Å²) in [5.74, 6) is -0.518. The number of hydrogen-bond acceptors (Lipinski definition) is 5. The van der Waals surface area contributed by atoms with Gasteiger partial charge in [0.05, 0.1) is 16.6 Å². The first-order valence-electron chi connectivity index (χ1n) is 5.86. The Morgan fingerprint density at radius 2 is 2.05 bits per heavy atom. The minimum absolute atomic E-state index is 0.0198. The van der Waals surface area contributed by atoms with Crippen LogP contribution in [0.3, 0.4) is 0 Å². The van der Waals surface area contributed by atoms with E-state index in [4.69, 9.17) is 11.0 Å². The van der Waals surface area contributed by atoms with E-state index in [-0.39, 0.29) is 22.5 Å². The number of nitrogens with one attached hydrogen (secondary N) is 1. The number of nitriles is 1. The average molecular weight is 282 g/mol. The van der Waals surface area contributed by atoms with Crippen LogP contribution in [0.2, 0.25) is 0 Å². The Labute approximate surface area is 119 Å². The van der Waals surface area contributed by atoms with Crippen LogP contribution < -0.4 is 11.1 Å². The molecule has 0 saturated heterocycles. The molecule has 2 rings (SSSR count). The van der Waals surface area contributed by atoms with Crippen LogP contribution in [0, 0.1) is 21.4 Å². The van der Waals surface area contributed by atoms with Gasteiger partial charge in [0.25, 0.3) is 11.6 Å². The molecule has 0 unspecified atom stereocenters. The Bertz CT molecular complexity index is 765. The normalized spacial score (nSPS) is 9.67. The molecule has 0 aliphatic carbocycles. The van der Waals surface area contributed by atoms with Crippen molar-refractivity contribution in [1.82, 2.24) is 0 Å². The zero-order chi connectivity index (χ0) is 15.4. The van der Waals surface area contributed by atoms with Crippen molar-refractivity contribution in [2.75, 3.05) is 11.1 Å². The lowest BCUT2D eigenvalue weighted by Crippen LogP contribution is -2.13. The van der Waals surface area contributed by atoms with Crippen molar-refractivity contribution in [3.8, 4) is 6.07 Å². The van der Waals surface area contributed by atoms with Crippen molar-refractivity contribution < 1.29 is 9.72 Å². The van der Waals surface area contributed by atoms with Crippen LogP contribution in [0.25, 0.3) is 0 Å². The van der Waals surface area contributed by atoms with Crippen LogP contribution >= 0.6 is 0 Å². The zero-order valence-electron chi connectivity index (χ0n) is 10.7. The quantitative estimate of drug-likeness (QED) is 0.508. The highest BCUT2D eigenvalue weighted by Gasteiger charge is 2.17. The molecule has 104 valence electrons. The molecule has 0 saturated carbocycles. The number of nitro benzene ring substituents is 1. The molecule has 0 heterocycles. The number of carbonyl (C=O) groups excluding carboxylic acids is 1. The second kappa shape index (κ2) is 5.71. The molecule has 0 aromatic heterocycles. The average Bonchev–Trinajstić information content (AvgIpc) is 2.47. The number of carbonyl (C=O) groups is 1. The molecule has 0 fully saturated rings. The van der Waals surface area contributed by atoms with E-state index in [1.54, 1.807) is 18.2 Å². The van der Waals surface area contributed by atoms with Gasteiger partial charge in [-0.2, -0.15) is 5.26 Å². The third-order valence-corrected chi connectivity index (χ3v) is 2.72. The summed E-state index contributed by atoms with van der Waals surface area (Å²) >= 11 is 0. The number of nitrogens with zero attached hydrogens (tertiary/aromatic N) is 2. The first-order valence-corrected chi connectivity index (χ1v) is 5.86. The lowest BCUT2D eigenvalue weighted by Gasteiger charge is -2.06. The van der Waals surface area contributed by atoms with Gasteiger partial charge in [0.1, 0.15) is 5.69 Å². The van der Waals surface area contributed by atoms with Crippen LogP contribution in [0.4, 0.5) is 17.1 Å². The van der Waals surface area contributed by atoms with E-state index in [9.17, 15) is 14.9 Å². The predicted octanol–water partition coefficient (Wildman–Crippen LogP) is 2.30. The highest BCUT2D eigenvalue weighted by Crippen LogP contribution is 2.26. The number of rotatable bonds is 3. The molecule has 1 amide bonds. The smallest absolute Gasteiger partial charge is 0.294 e. The number of nitrogen functional groups attached to an aromatic ring is 1. The van der Waals surface area contributed by atoms with Gasteiger partial charge in [-0.15, -0.1) is 0 Å². The third kappa shape index (κ3) is 3.13. The third-order valence-electron chi connectivity index (χ3n) is 2.72. The standard InChI is InChI=1S/C14H10N4O3/c15-8-9-4-5-12(13(6-9)18(20)21)17-14(19)10-2-1-3-11(16)7-10/h1-7H,16H2,(H,17,19). The highest BCUT2D eigenvalue weighted by atomic mass is 16.6. The molecule has 21 heavy (non-hydrogen) atoms. The Balaban J connectivity index is 2.33. The lowest BCUT2D eigenvalue weighted by molar-refractivity contribution is -0.383. The summed E-state index contributed by atoms with van der Waals surface area (Å²) in [5, 5.41) is 22.2. The van der Waals surface area contributed by atoms with Crippen molar-refractivity contribution in [3.05, 3.63) is 63.7 Å². The number of nitrogens with two attached hydrogens (primary N) is 1. The first kappa shape index (κ1) is 14.0. The van der Waals surface area contributed by atoms with Crippen molar-refractivity contribution in [1.29, 1.82) is 5.26 Å². The number of benzene rings is 2. The minimum atomic E-state index is -0.657. The fourth-order valence-corrected chi connectivity index (χ4v) is 1.73. The number of hydrogen-bond donors (Lipinski definition) is 2. The maximum atomic E-state index is 12.0. The van der Waals surface area contributed by atoms with Crippen molar-refractivity contribution in [3.63, 3.8) is 0 Å². The van der Waals surface area contributed by atoms with Crippen molar-refractivity contribution in [2.45, 2.75) is 0 Å². The second-order valence-electron chi connectivity index (χ2n) is 4.18. The molecule has 2 aromatic carbocycles. The van der Waals surface area contributed by atoms with E-state index in [0.717, 1.165) is 6.07 Å². The summed E-state index contributed by atoms with van der Waals surface area (Å²) in [6.45, 7) is 0. The SMILES string of the molecule is N#Cc1ccc(NC(=O)c2cccc(N)c2)c([N+](=O)[O-])c1. The van der Waals surface area contributed by atoms with Gasteiger partial charge in [-0.05, 0) is 30.3 Å². The maximum absolute atomic E-state index is 12.0. The zero-order valence-corrected chi connectivity index (χ0v) is 10.7. The Morgan fingerprint density at radius 1 is 1.29 bits per heavy atom. The van der Waals surface area contributed by atoms with Crippen LogP contribution in [0.5, 0.6) is 0 Å². The molecule has 7 heteroatoms. The number of anilines is 2. The van der Waals surface area contributed by atoms with Gasteiger partial charge in [0.15, 0.2) is 0 Å². The number of amides is 1. The molecule has 0 radical (unpaired) electrons. The van der Waals surface area contributed by atoms with E-state index in [2.05, 4.69) is 5.32 Å². The fraction of sp³-hybridized carbons (Fsp3) is 0. The van der Waals surface area contributed by atoms with Gasteiger partial charge >= 0.3 is 0 Å². The molecule has 2 aromatic rings. The van der Waals surface area contributed by atoms with Crippen LogP contribution in [-0.4, -0.2) is 10.8 Å². The summed E-state index contributed by atoms with van der Waals surface area (Å²) < 4.78 is 0. The summed E-state index contributed by atoms with van der Waals surface area (Å²) in [6, 6.07) is 11.9. The Kier molecular flexibility index (Phi) is 3.81. The van der Waals surface area contributed by atoms with E-state index in [1.807, 2.05) is 6.07 Å². The summed E-state index contributed by atoms with van der Waals surface area (Å²) in [4.78, 5) is 22.4. The molecular weight excluding hydrogens is 272 g/mol. The van der Waals surface area contributed by atoms with Gasteiger partial charge in [-0.3, -0.25) is 14.9 Å². The fourth-order valence-electron chi connectivity index (χ4n) is 1.73. The van der Waals surface area contributed by atoms with Gasteiger partial charge in [0, 0.05) is 17.3 Å². The van der Waals surface area contributed by atoms with E-state index >= 15 is 0 Å². The summed E-state index contributed by atoms with van der Waals surface area (Å²) in [6.07, 6.45) is 0. The highest BCUT2D eigenvalue weighted by molar-refractivity contribution is 6.05. The topological polar surface area (TPSA) is 122 Å². The van der Waals surface area contributed by atoms with Gasteiger partial charge in [-0.25, -0.2) is 0 Å². The Morgan fingerprint density at radius 3 is 2.67 bits per heavy atom. The van der Waals surface area contributed by atoms with Crippen LogP contribution in [-0.2, 0) is 0 Å². The van der Waals surface area contributed by atoms with E-state index in [1.165, 1.54) is 18.2 Å². The minimum Gasteiger partial charge on any atom is -0.399 e. The lowest BCUT2D eigenvalue weighted by atomic mass is 10.1. The molecule has 0 bridgehead atoms. The van der Waals surface area contributed by atoms with Gasteiger partial charge in [0.2, 0.25) is 0 Å². The molecular formula is C14H10N4O3. The molecule has 0 spiro atoms. The maximum Gasteiger partial charge on any atom is 0.294 e. The summed E-state index contributed by atoms with van der Waals surface area (Å²) in [5.41, 5.74) is 6.10.